The Hall–Kier alpha value is -1.84. The van der Waals surface area contributed by atoms with Gasteiger partial charge in [0.1, 0.15) is 0 Å². The van der Waals surface area contributed by atoms with Gasteiger partial charge in [0.25, 0.3) is 18.0 Å². The smallest absolute Gasteiger partial charge is 0.288 e. The average molecular weight is 245 g/mol. The Kier molecular flexibility index (Phi) is 2.78. The van der Waals surface area contributed by atoms with Gasteiger partial charge in [0.15, 0.2) is 0 Å². The molecular formula is C14H17N2O2+. The van der Waals surface area contributed by atoms with Crippen molar-refractivity contribution in [3.63, 3.8) is 0 Å². The lowest BCUT2D eigenvalue weighted by atomic mass is 9.89. The van der Waals surface area contributed by atoms with Gasteiger partial charge in [-0.3, -0.25) is 5.21 Å². The Balaban J connectivity index is 2.04. The van der Waals surface area contributed by atoms with Crippen LogP contribution >= 0.6 is 0 Å². The molecule has 94 valence electrons. The first-order chi connectivity index (χ1) is 8.77. The van der Waals surface area contributed by atoms with E-state index in [0.717, 1.165) is 36.0 Å². The molecule has 1 aliphatic carbocycles. The molecule has 0 aromatic heterocycles. The van der Waals surface area contributed by atoms with Gasteiger partial charge in [0.2, 0.25) is 6.04 Å². The second kappa shape index (κ2) is 4.44. The summed E-state index contributed by atoms with van der Waals surface area (Å²) in [7, 11) is 0. The van der Waals surface area contributed by atoms with Crippen LogP contribution in [0.25, 0.3) is 0 Å². The Morgan fingerprint density at radius 3 is 2.44 bits per heavy atom. The van der Waals surface area contributed by atoms with Crippen molar-refractivity contribution >= 4 is 11.9 Å². The summed E-state index contributed by atoms with van der Waals surface area (Å²) in [5, 5.41) is 22.5. The fourth-order valence-corrected chi connectivity index (χ4v) is 2.94. The molecule has 4 nitrogen and oxygen atoms in total. The molecule has 1 saturated carbocycles. The lowest BCUT2D eigenvalue weighted by molar-refractivity contribution is -0.819. The molecule has 2 aliphatic rings. The minimum absolute atomic E-state index is 0.0521. The van der Waals surface area contributed by atoms with E-state index in [0.29, 0.717) is 5.71 Å². The van der Waals surface area contributed by atoms with Crippen molar-refractivity contribution in [2.75, 3.05) is 0 Å². The zero-order chi connectivity index (χ0) is 12.5. The Morgan fingerprint density at radius 2 is 1.72 bits per heavy atom. The minimum Gasteiger partial charge on any atom is -0.623 e. The van der Waals surface area contributed by atoms with E-state index in [-0.39, 0.29) is 12.1 Å². The summed E-state index contributed by atoms with van der Waals surface area (Å²) in [6.45, 7) is 0. The summed E-state index contributed by atoms with van der Waals surface area (Å²) >= 11 is 0. The first-order valence-corrected chi connectivity index (χ1v) is 6.48. The van der Waals surface area contributed by atoms with Crippen LogP contribution in [0.4, 0.5) is 0 Å². The van der Waals surface area contributed by atoms with Crippen LogP contribution < -0.4 is 0 Å². The van der Waals surface area contributed by atoms with E-state index in [1.807, 2.05) is 30.3 Å². The van der Waals surface area contributed by atoms with Crippen LogP contribution in [0.3, 0.4) is 0 Å². The fourth-order valence-electron chi connectivity index (χ4n) is 2.94. The highest BCUT2D eigenvalue weighted by molar-refractivity contribution is 6.34. The molecular weight excluding hydrogens is 228 g/mol. The van der Waals surface area contributed by atoms with Crippen LogP contribution in [0, 0.1) is 5.21 Å². The highest BCUT2D eigenvalue weighted by Gasteiger charge is 2.45. The normalized spacial score (nSPS) is 27.7. The van der Waals surface area contributed by atoms with Crippen LogP contribution in [-0.4, -0.2) is 38.7 Å². The van der Waals surface area contributed by atoms with E-state index in [1.165, 1.54) is 4.74 Å². The van der Waals surface area contributed by atoms with Crippen molar-refractivity contribution in [1.29, 1.82) is 0 Å². The summed E-state index contributed by atoms with van der Waals surface area (Å²) in [6.07, 6.45) is 5.46. The summed E-state index contributed by atoms with van der Waals surface area (Å²) < 4.78 is 2.33. The maximum Gasteiger partial charge on any atom is 0.288 e. The molecule has 0 bridgehead atoms. The molecule has 0 spiro atoms. The third-order valence-corrected chi connectivity index (χ3v) is 3.90. The molecule has 1 aromatic carbocycles. The predicted molar refractivity (Wildman–Crippen MR) is 68.3 cm³/mol. The number of benzene rings is 1. The van der Waals surface area contributed by atoms with Gasteiger partial charge in [-0.25, -0.2) is 0 Å². The topological polar surface area (TPSA) is 49.3 Å². The van der Waals surface area contributed by atoms with E-state index in [9.17, 15) is 10.4 Å². The third-order valence-electron chi connectivity index (χ3n) is 3.90. The van der Waals surface area contributed by atoms with E-state index in [2.05, 4.69) is 0 Å². The van der Waals surface area contributed by atoms with E-state index in [1.54, 1.807) is 6.21 Å². The predicted octanol–water partition coefficient (Wildman–Crippen LogP) is 1.78. The summed E-state index contributed by atoms with van der Waals surface area (Å²) in [5.74, 6) is 0. The number of hydrogen-bond donors (Lipinski definition) is 1. The summed E-state index contributed by atoms with van der Waals surface area (Å²) in [6, 6.07) is 9.34. The van der Waals surface area contributed by atoms with Crippen LogP contribution in [0.5, 0.6) is 0 Å². The zero-order valence-electron chi connectivity index (χ0n) is 10.2. The molecule has 0 amide bonds. The van der Waals surface area contributed by atoms with Crippen LogP contribution in [0.15, 0.2) is 30.3 Å². The average Bonchev–Trinajstić information content (AvgIpc) is 2.44. The molecule has 2 atom stereocenters. The summed E-state index contributed by atoms with van der Waals surface area (Å²) in [5.41, 5.74) is 1.41. The first-order valence-electron chi connectivity index (χ1n) is 6.48. The molecule has 1 aliphatic heterocycles. The second-order valence-corrected chi connectivity index (χ2v) is 5.01. The molecule has 0 radical (unpaired) electrons. The van der Waals surface area contributed by atoms with Crippen molar-refractivity contribution < 1.29 is 14.7 Å². The van der Waals surface area contributed by atoms with Crippen molar-refractivity contribution in [3.05, 3.63) is 41.1 Å². The van der Waals surface area contributed by atoms with Crippen LogP contribution in [-0.2, 0) is 0 Å². The van der Waals surface area contributed by atoms with Gasteiger partial charge in [0.05, 0.1) is 5.56 Å². The molecule has 1 fully saturated rings. The first kappa shape index (κ1) is 11.3. The van der Waals surface area contributed by atoms with Crippen LogP contribution in [0.2, 0.25) is 0 Å². The number of hydroxylamine groups is 2. The van der Waals surface area contributed by atoms with Gasteiger partial charge in [-0.15, -0.1) is 0 Å². The van der Waals surface area contributed by atoms with Crippen molar-refractivity contribution in [2.24, 2.45) is 0 Å². The quantitative estimate of drug-likeness (QED) is 0.466. The van der Waals surface area contributed by atoms with Crippen molar-refractivity contribution in [2.45, 2.75) is 37.8 Å². The van der Waals surface area contributed by atoms with Gasteiger partial charge in [-0.05, 0) is 29.7 Å². The van der Waals surface area contributed by atoms with Crippen molar-refractivity contribution in [3.8, 4) is 0 Å². The third kappa shape index (κ3) is 1.78. The van der Waals surface area contributed by atoms with E-state index in [4.69, 9.17) is 0 Å². The minimum atomic E-state index is -0.121. The maximum absolute atomic E-state index is 12.4. The van der Waals surface area contributed by atoms with Gasteiger partial charge in [0, 0.05) is 12.8 Å². The lowest BCUT2D eigenvalue weighted by Gasteiger charge is -2.27. The second-order valence-electron chi connectivity index (χ2n) is 5.01. The number of hydrogen-bond acceptors (Lipinski definition) is 2. The van der Waals surface area contributed by atoms with Gasteiger partial charge in [-0.1, -0.05) is 18.2 Å². The SMILES string of the molecule is [O-][N+]1=C(c2ccccc2)C=[N+](O)[C@@H]2CCCC[C@@H]21. The van der Waals surface area contributed by atoms with Gasteiger partial charge >= 0.3 is 0 Å². The van der Waals surface area contributed by atoms with E-state index < -0.39 is 0 Å². The van der Waals surface area contributed by atoms with Crippen LogP contribution in [0.1, 0.15) is 31.2 Å². The Morgan fingerprint density at radius 1 is 1.06 bits per heavy atom. The van der Waals surface area contributed by atoms with Gasteiger partial charge in [-0.2, -0.15) is 4.74 Å². The van der Waals surface area contributed by atoms with E-state index >= 15 is 0 Å². The lowest BCUT2D eigenvalue weighted by Crippen LogP contribution is -2.51. The largest absolute Gasteiger partial charge is 0.623 e. The van der Waals surface area contributed by atoms with Crippen molar-refractivity contribution in [1.82, 2.24) is 0 Å². The molecule has 4 heteroatoms. The highest BCUT2D eigenvalue weighted by atomic mass is 16.5. The molecule has 0 unspecified atom stereocenters. The highest BCUT2D eigenvalue weighted by Crippen LogP contribution is 2.25. The molecule has 1 heterocycles. The van der Waals surface area contributed by atoms with Gasteiger partial charge < -0.3 is 5.21 Å². The molecule has 1 aromatic rings. The standard InChI is InChI=1S/C14H17N2O2/c17-15-10-14(11-6-2-1-3-7-11)16(18)13-9-5-4-8-12(13)15/h1-3,6-7,10,12-13,17H,4-5,8-9H2/q+1/t12-,13+/m1/s1. The molecule has 1 N–H and O–H groups in total. The zero-order valence-corrected chi connectivity index (χ0v) is 10.2. The molecule has 18 heavy (non-hydrogen) atoms. The number of nitrogens with zero attached hydrogens (tertiary/aromatic N) is 2. The Labute approximate surface area is 106 Å². The number of fused-ring (bicyclic) bond motifs is 1. The fraction of sp³-hybridized carbons (Fsp3) is 0.429. The number of rotatable bonds is 1. The maximum atomic E-state index is 12.4. The monoisotopic (exact) mass is 245 g/mol. The summed E-state index contributed by atoms with van der Waals surface area (Å²) in [4.78, 5) is 0. The molecule has 0 saturated heterocycles. The molecule has 3 rings (SSSR count). The Bertz CT molecular complexity index is 508.